The van der Waals surface area contributed by atoms with Crippen molar-refractivity contribution in [3.05, 3.63) is 0 Å². The Morgan fingerprint density at radius 2 is 0.364 bits per heavy atom. The van der Waals surface area contributed by atoms with Crippen LogP contribution in [0.3, 0.4) is 0 Å². The molecule has 332 valence electrons. The SMILES string of the molecule is CCCCCCCCCOCCOCCOCCOCCOCCOCCOCCOCCOCCOCCOCCOCCOCCOCCOCCO. The summed E-state index contributed by atoms with van der Waals surface area (Å²) >= 11 is 0. The zero-order valence-corrected chi connectivity index (χ0v) is 34.4. The lowest BCUT2D eigenvalue weighted by atomic mass is 10.1. The number of rotatable bonds is 52. The van der Waals surface area contributed by atoms with Gasteiger partial charge in [-0.1, -0.05) is 45.4 Å². The Morgan fingerprint density at radius 1 is 0.200 bits per heavy atom. The molecule has 0 aromatic carbocycles. The predicted molar refractivity (Wildman–Crippen MR) is 207 cm³/mol. The summed E-state index contributed by atoms with van der Waals surface area (Å²) in [5.41, 5.74) is 0. The van der Waals surface area contributed by atoms with Gasteiger partial charge in [0.05, 0.1) is 198 Å². The van der Waals surface area contributed by atoms with E-state index >= 15 is 0 Å². The van der Waals surface area contributed by atoms with Crippen molar-refractivity contribution in [1.29, 1.82) is 0 Å². The fourth-order valence-electron chi connectivity index (χ4n) is 4.41. The minimum Gasteiger partial charge on any atom is -0.394 e. The van der Waals surface area contributed by atoms with Crippen molar-refractivity contribution >= 4 is 0 Å². The highest BCUT2D eigenvalue weighted by Gasteiger charge is 1.98. The second kappa shape index (κ2) is 53.4. The van der Waals surface area contributed by atoms with Crippen molar-refractivity contribution in [3.8, 4) is 0 Å². The van der Waals surface area contributed by atoms with Gasteiger partial charge in [-0.15, -0.1) is 0 Å². The van der Waals surface area contributed by atoms with E-state index in [-0.39, 0.29) is 6.61 Å². The van der Waals surface area contributed by atoms with Gasteiger partial charge in [-0.05, 0) is 6.42 Å². The Hall–Kier alpha value is -0.640. The van der Waals surface area contributed by atoms with Crippen LogP contribution in [0.25, 0.3) is 0 Å². The molecule has 0 unspecified atom stereocenters. The third-order valence-corrected chi connectivity index (χ3v) is 7.34. The average Bonchev–Trinajstić information content (AvgIpc) is 3.20. The predicted octanol–water partition coefficient (Wildman–Crippen LogP) is 2.98. The van der Waals surface area contributed by atoms with Crippen molar-refractivity contribution in [2.24, 2.45) is 0 Å². The van der Waals surface area contributed by atoms with Gasteiger partial charge in [0.25, 0.3) is 0 Å². The highest BCUT2D eigenvalue weighted by molar-refractivity contribution is 4.45. The molecule has 55 heavy (non-hydrogen) atoms. The molecule has 0 aromatic heterocycles. The quantitative estimate of drug-likeness (QED) is 0.0894. The maximum absolute atomic E-state index is 8.59. The number of hydrogen-bond acceptors (Lipinski definition) is 16. The van der Waals surface area contributed by atoms with Crippen LogP contribution in [0, 0.1) is 0 Å². The Bertz CT molecular complexity index is 603. The Balaban J connectivity index is 3.05. The van der Waals surface area contributed by atoms with Gasteiger partial charge < -0.3 is 76.2 Å². The first-order chi connectivity index (χ1) is 27.4. The maximum Gasteiger partial charge on any atom is 0.0701 e. The second-order valence-electron chi connectivity index (χ2n) is 12.0. The third-order valence-electron chi connectivity index (χ3n) is 7.34. The van der Waals surface area contributed by atoms with E-state index in [1.165, 1.54) is 38.5 Å². The first kappa shape index (κ1) is 54.4. The van der Waals surface area contributed by atoms with Gasteiger partial charge in [-0.2, -0.15) is 0 Å². The van der Waals surface area contributed by atoms with E-state index in [1.54, 1.807) is 0 Å². The molecule has 0 spiro atoms. The standard InChI is InChI=1S/C39H80O16/c1-2-3-4-5-6-7-8-10-41-12-14-43-16-18-45-20-22-47-24-26-49-28-30-51-32-34-53-36-38-55-39-37-54-35-33-52-31-29-50-27-25-48-23-21-46-19-17-44-15-13-42-11-9-40/h40H,2-39H2,1H3. The van der Waals surface area contributed by atoms with Crippen LogP contribution in [0.2, 0.25) is 0 Å². The molecular weight excluding hydrogens is 724 g/mol. The van der Waals surface area contributed by atoms with Crippen LogP contribution in [0.4, 0.5) is 0 Å². The van der Waals surface area contributed by atoms with Gasteiger partial charge >= 0.3 is 0 Å². The number of aliphatic hydroxyl groups excluding tert-OH is 1. The van der Waals surface area contributed by atoms with Crippen LogP contribution < -0.4 is 0 Å². The van der Waals surface area contributed by atoms with Gasteiger partial charge in [0.2, 0.25) is 0 Å². The smallest absolute Gasteiger partial charge is 0.0701 e. The van der Waals surface area contributed by atoms with Crippen molar-refractivity contribution < 1.29 is 76.2 Å². The Kier molecular flexibility index (Phi) is 52.7. The molecule has 0 heterocycles. The van der Waals surface area contributed by atoms with Gasteiger partial charge in [0.15, 0.2) is 0 Å². The zero-order chi connectivity index (χ0) is 39.5. The lowest BCUT2D eigenvalue weighted by Gasteiger charge is -2.09. The molecule has 0 rings (SSSR count). The molecule has 0 amide bonds. The lowest BCUT2D eigenvalue weighted by molar-refractivity contribution is -0.0301. The van der Waals surface area contributed by atoms with Crippen molar-refractivity contribution in [3.63, 3.8) is 0 Å². The third kappa shape index (κ3) is 53.4. The molecule has 0 aliphatic rings. The molecule has 0 saturated carbocycles. The zero-order valence-electron chi connectivity index (χ0n) is 34.4. The summed E-state index contributed by atoms with van der Waals surface area (Å²) in [4.78, 5) is 0. The first-order valence-corrected chi connectivity index (χ1v) is 20.7. The number of unbranched alkanes of at least 4 members (excludes halogenated alkanes) is 6. The van der Waals surface area contributed by atoms with E-state index in [9.17, 15) is 0 Å². The van der Waals surface area contributed by atoms with E-state index in [0.717, 1.165) is 13.0 Å². The minimum absolute atomic E-state index is 0.0236. The van der Waals surface area contributed by atoms with Crippen LogP contribution in [-0.2, 0) is 71.1 Å². The van der Waals surface area contributed by atoms with Crippen LogP contribution in [-0.4, -0.2) is 210 Å². The van der Waals surface area contributed by atoms with Gasteiger partial charge in [0.1, 0.15) is 0 Å². The van der Waals surface area contributed by atoms with Crippen molar-refractivity contribution in [2.45, 2.75) is 51.9 Å². The molecule has 0 aromatic rings. The van der Waals surface area contributed by atoms with Crippen LogP contribution in [0.5, 0.6) is 0 Å². The summed E-state index contributed by atoms with van der Waals surface area (Å²) in [6, 6.07) is 0. The molecule has 16 heteroatoms. The first-order valence-electron chi connectivity index (χ1n) is 20.7. The molecule has 1 N–H and O–H groups in total. The molecule has 0 fully saturated rings. The monoisotopic (exact) mass is 805 g/mol. The molecular formula is C39H80O16. The second-order valence-corrected chi connectivity index (χ2v) is 12.0. The van der Waals surface area contributed by atoms with Crippen molar-refractivity contribution in [2.75, 3.05) is 205 Å². The Morgan fingerprint density at radius 3 is 0.564 bits per heavy atom. The van der Waals surface area contributed by atoms with Gasteiger partial charge in [-0.25, -0.2) is 0 Å². The number of hydrogen-bond donors (Lipinski definition) is 1. The van der Waals surface area contributed by atoms with Crippen LogP contribution in [0.1, 0.15) is 51.9 Å². The minimum atomic E-state index is 0.0236. The summed E-state index contributed by atoms with van der Waals surface area (Å²) in [5.74, 6) is 0. The molecule has 16 nitrogen and oxygen atoms in total. The van der Waals surface area contributed by atoms with E-state index in [0.29, 0.717) is 192 Å². The average molecular weight is 805 g/mol. The summed E-state index contributed by atoms with van der Waals surface area (Å²) in [6.07, 6.45) is 9.08. The summed E-state index contributed by atoms with van der Waals surface area (Å²) in [5, 5.41) is 8.59. The summed E-state index contributed by atoms with van der Waals surface area (Å²) in [7, 11) is 0. The molecule has 0 aliphatic carbocycles. The molecule has 0 radical (unpaired) electrons. The highest BCUT2D eigenvalue weighted by atomic mass is 16.6. The number of ether oxygens (including phenoxy) is 15. The molecule has 0 saturated heterocycles. The van der Waals surface area contributed by atoms with Crippen LogP contribution in [0.15, 0.2) is 0 Å². The van der Waals surface area contributed by atoms with Gasteiger partial charge in [-0.3, -0.25) is 0 Å². The van der Waals surface area contributed by atoms with Gasteiger partial charge in [0, 0.05) is 6.61 Å². The van der Waals surface area contributed by atoms with E-state index in [1.807, 2.05) is 0 Å². The molecule has 0 aliphatic heterocycles. The fraction of sp³-hybridized carbons (Fsp3) is 1.00. The normalized spacial score (nSPS) is 11.7. The largest absolute Gasteiger partial charge is 0.394 e. The summed E-state index contributed by atoms with van der Waals surface area (Å²) < 4.78 is 81.9. The van der Waals surface area contributed by atoms with E-state index < -0.39 is 0 Å². The van der Waals surface area contributed by atoms with E-state index in [2.05, 4.69) is 6.92 Å². The van der Waals surface area contributed by atoms with Crippen LogP contribution >= 0.6 is 0 Å². The molecule has 0 bridgehead atoms. The Labute approximate surface area is 332 Å². The van der Waals surface area contributed by atoms with Crippen molar-refractivity contribution in [1.82, 2.24) is 0 Å². The summed E-state index contributed by atoms with van der Waals surface area (Å²) in [6.45, 7) is 17.9. The number of aliphatic hydroxyl groups is 1. The fourth-order valence-corrected chi connectivity index (χ4v) is 4.41. The lowest BCUT2D eigenvalue weighted by Crippen LogP contribution is -2.15. The maximum atomic E-state index is 8.59. The highest BCUT2D eigenvalue weighted by Crippen LogP contribution is 2.06. The topological polar surface area (TPSA) is 159 Å². The molecule has 0 atom stereocenters. The van der Waals surface area contributed by atoms with E-state index in [4.69, 9.17) is 76.2 Å².